The predicted octanol–water partition coefficient (Wildman–Crippen LogP) is 3.20. The minimum absolute atomic E-state index is 0.210. The molecule has 1 aromatic carbocycles. The molecule has 0 aliphatic heterocycles. The lowest BCUT2D eigenvalue weighted by atomic mass is 10.1. The van der Waals surface area contributed by atoms with Crippen LogP contribution in [0.5, 0.6) is 0 Å². The molecule has 21 heavy (non-hydrogen) atoms. The average molecular weight is 313 g/mol. The fraction of sp³-hybridized carbons (Fsp3) is 0.167. The second kappa shape index (κ2) is 5.52. The lowest BCUT2D eigenvalue weighted by Crippen LogP contribution is -2.15. The fourth-order valence-electron chi connectivity index (χ4n) is 1.56. The second-order valence-corrected chi connectivity index (χ2v) is 5.36. The Balaban J connectivity index is 2.37. The zero-order chi connectivity index (χ0) is 15.7. The molecule has 0 aliphatic carbocycles. The van der Waals surface area contributed by atoms with Crippen LogP contribution >= 0.6 is 11.3 Å². The molecule has 110 valence electrons. The van der Waals surface area contributed by atoms with Gasteiger partial charge in [-0.05, 0) is 19.9 Å². The van der Waals surface area contributed by atoms with Crippen molar-refractivity contribution in [3.63, 3.8) is 0 Å². The van der Waals surface area contributed by atoms with Crippen molar-refractivity contribution in [1.82, 2.24) is 4.98 Å². The van der Waals surface area contributed by atoms with Gasteiger partial charge < -0.3 is 0 Å². The van der Waals surface area contributed by atoms with Crippen molar-refractivity contribution in [3.05, 3.63) is 50.0 Å². The first-order valence-electron chi connectivity index (χ1n) is 5.68. The number of nitrogens with zero attached hydrogens (tertiary/aromatic N) is 2. The smallest absolute Gasteiger partial charge is 0.298 e. The molecule has 1 heterocycles. The maximum absolute atomic E-state index is 13.9. The summed E-state index contributed by atoms with van der Waals surface area (Å²) in [5, 5.41) is 13.1. The number of aromatic nitrogens is 1. The summed E-state index contributed by atoms with van der Waals surface area (Å²) in [4.78, 5) is 26.3. The lowest BCUT2D eigenvalue weighted by molar-refractivity contribution is -0.387. The van der Waals surface area contributed by atoms with Gasteiger partial charge in [-0.2, -0.15) is 4.39 Å². The quantitative estimate of drug-likeness (QED) is 0.696. The van der Waals surface area contributed by atoms with Gasteiger partial charge in [0.25, 0.3) is 5.91 Å². The number of carbonyl (C=O) groups excluding carboxylic acids is 1. The number of halogens is 2. The fourth-order valence-corrected chi connectivity index (χ4v) is 2.37. The van der Waals surface area contributed by atoms with E-state index in [4.69, 9.17) is 0 Å². The van der Waals surface area contributed by atoms with E-state index in [0.29, 0.717) is 17.8 Å². The number of benzene rings is 1. The Morgan fingerprint density at radius 2 is 2.05 bits per heavy atom. The molecule has 0 saturated carbocycles. The predicted molar refractivity (Wildman–Crippen MR) is 72.6 cm³/mol. The largest absolute Gasteiger partial charge is 0.308 e. The van der Waals surface area contributed by atoms with Crippen LogP contribution in [-0.2, 0) is 0 Å². The number of nitro groups is 1. The molecular formula is C12H9F2N3O3S. The van der Waals surface area contributed by atoms with Gasteiger partial charge in [0.05, 0.1) is 22.2 Å². The van der Waals surface area contributed by atoms with E-state index in [0.717, 1.165) is 16.2 Å². The molecule has 0 radical (unpaired) electrons. The van der Waals surface area contributed by atoms with Crippen LogP contribution in [0.15, 0.2) is 12.1 Å². The molecule has 0 bridgehead atoms. The van der Waals surface area contributed by atoms with Crippen molar-refractivity contribution in [3.8, 4) is 0 Å². The van der Waals surface area contributed by atoms with Gasteiger partial charge in [0.1, 0.15) is 5.82 Å². The third-order valence-electron chi connectivity index (χ3n) is 2.71. The highest BCUT2D eigenvalue weighted by Crippen LogP contribution is 2.25. The van der Waals surface area contributed by atoms with E-state index in [2.05, 4.69) is 10.3 Å². The van der Waals surface area contributed by atoms with E-state index >= 15 is 0 Å². The van der Waals surface area contributed by atoms with E-state index in [1.807, 2.05) is 0 Å². The molecule has 0 aliphatic rings. The van der Waals surface area contributed by atoms with Gasteiger partial charge in [0, 0.05) is 4.88 Å². The zero-order valence-electron chi connectivity index (χ0n) is 10.9. The number of hydrogen-bond donors (Lipinski definition) is 1. The SMILES string of the molecule is Cc1nc(NC(=O)c2cc(F)cc([N+](=O)[O-])c2F)sc1C. The number of rotatable bonds is 3. The first-order chi connectivity index (χ1) is 9.79. The third-order valence-corrected chi connectivity index (χ3v) is 3.70. The minimum atomic E-state index is -1.39. The molecule has 0 saturated heterocycles. The van der Waals surface area contributed by atoms with Crippen LogP contribution in [0.1, 0.15) is 20.9 Å². The second-order valence-electron chi connectivity index (χ2n) is 4.16. The normalized spacial score (nSPS) is 10.5. The van der Waals surface area contributed by atoms with Crippen LogP contribution in [0, 0.1) is 35.6 Å². The van der Waals surface area contributed by atoms with Gasteiger partial charge >= 0.3 is 5.69 Å². The summed E-state index contributed by atoms with van der Waals surface area (Å²) in [6.07, 6.45) is 0. The molecule has 0 spiro atoms. The maximum atomic E-state index is 13.9. The van der Waals surface area contributed by atoms with Crippen LogP contribution in [0.3, 0.4) is 0 Å². The van der Waals surface area contributed by atoms with E-state index in [1.165, 1.54) is 0 Å². The van der Waals surface area contributed by atoms with Gasteiger partial charge in [-0.3, -0.25) is 20.2 Å². The molecular weight excluding hydrogens is 304 g/mol. The van der Waals surface area contributed by atoms with Crippen molar-refractivity contribution in [2.75, 3.05) is 5.32 Å². The van der Waals surface area contributed by atoms with E-state index < -0.39 is 33.7 Å². The highest BCUT2D eigenvalue weighted by molar-refractivity contribution is 7.15. The highest BCUT2D eigenvalue weighted by Gasteiger charge is 2.24. The first-order valence-corrected chi connectivity index (χ1v) is 6.50. The van der Waals surface area contributed by atoms with Crippen LogP contribution < -0.4 is 5.32 Å². The Bertz CT molecular complexity index is 726. The molecule has 0 atom stereocenters. The molecule has 2 rings (SSSR count). The summed E-state index contributed by atoms with van der Waals surface area (Å²) in [7, 11) is 0. The van der Waals surface area contributed by atoms with Crippen molar-refractivity contribution in [1.29, 1.82) is 0 Å². The Morgan fingerprint density at radius 1 is 1.38 bits per heavy atom. The molecule has 2 aromatic rings. The number of hydrogen-bond acceptors (Lipinski definition) is 5. The van der Waals surface area contributed by atoms with Crippen LogP contribution in [0.2, 0.25) is 0 Å². The Hall–Kier alpha value is -2.42. The third kappa shape index (κ3) is 3.02. The summed E-state index contributed by atoms with van der Waals surface area (Å²) < 4.78 is 27.1. The Morgan fingerprint density at radius 3 is 2.57 bits per heavy atom. The highest BCUT2D eigenvalue weighted by atomic mass is 32.1. The van der Waals surface area contributed by atoms with Crippen molar-refractivity contribution < 1.29 is 18.5 Å². The summed E-state index contributed by atoms with van der Waals surface area (Å²) in [5.74, 6) is -3.45. The molecule has 0 fully saturated rings. The Labute approximate surface area is 121 Å². The Kier molecular flexibility index (Phi) is 3.94. The number of aryl methyl sites for hydroxylation is 2. The van der Waals surface area contributed by atoms with Gasteiger partial charge in [-0.15, -0.1) is 11.3 Å². The number of nitrogens with one attached hydrogen (secondary N) is 1. The zero-order valence-corrected chi connectivity index (χ0v) is 11.8. The van der Waals surface area contributed by atoms with Gasteiger partial charge in [0.2, 0.25) is 5.82 Å². The molecule has 9 heteroatoms. The van der Waals surface area contributed by atoms with Crippen molar-refractivity contribution >= 4 is 28.1 Å². The van der Waals surface area contributed by atoms with Gasteiger partial charge in [-0.25, -0.2) is 9.37 Å². The van der Waals surface area contributed by atoms with Crippen LogP contribution in [-0.4, -0.2) is 15.8 Å². The van der Waals surface area contributed by atoms with E-state index in [9.17, 15) is 23.7 Å². The molecule has 1 aromatic heterocycles. The minimum Gasteiger partial charge on any atom is -0.298 e. The average Bonchev–Trinajstić information content (AvgIpc) is 2.70. The summed E-state index contributed by atoms with van der Waals surface area (Å²) in [6, 6.07) is 1.02. The van der Waals surface area contributed by atoms with Crippen molar-refractivity contribution in [2.45, 2.75) is 13.8 Å². The summed E-state index contributed by atoms with van der Waals surface area (Å²) in [6.45, 7) is 3.52. The maximum Gasteiger partial charge on any atom is 0.308 e. The van der Waals surface area contributed by atoms with E-state index in [-0.39, 0.29) is 5.13 Å². The first kappa shape index (κ1) is 15.0. The topological polar surface area (TPSA) is 85.1 Å². The summed E-state index contributed by atoms with van der Waals surface area (Å²) in [5.41, 5.74) is -1.14. The van der Waals surface area contributed by atoms with Crippen LogP contribution in [0.25, 0.3) is 0 Å². The van der Waals surface area contributed by atoms with Crippen LogP contribution in [0.4, 0.5) is 19.6 Å². The monoisotopic (exact) mass is 313 g/mol. The number of anilines is 1. The summed E-state index contributed by atoms with van der Waals surface area (Å²) >= 11 is 1.16. The number of nitro benzene ring substituents is 1. The van der Waals surface area contributed by atoms with E-state index in [1.54, 1.807) is 13.8 Å². The number of amides is 1. The molecule has 1 amide bonds. The van der Waals surface area contributed by atoms with Crippen molar-refractivity contribution in [2.24, 2.45) is 0 Å². The lowest BCUT2D eigenvalue weighted by Gasteiger charge is -2.04. The molecule has 1 N–H and O–H groups in total. The number of carbonyl (C=O) groups is 1. The molecule has 0 unspecified atom stereocenters. The standard InChI is InChI=1S/C12H9F2N3O3S/c1-5-6(2)21-12(15-5)16-11(18)8-3-7(13)4-9(10(8)14)17(19)20/h3-4H,1-2H3,(H,15,16,18). The molecule has 6 nitrogen and oxygen atoms in total. The van der Waals surface area contributed by atoms with Gasteiger partial charge in [0.15, 0.2) is 5.13 Å². The van der Waals surface area contributed by atoms with Gasteiger partial charge in [-0.1, -0.05) is 0 Å². The number of thiazole rings is 1.